The lowest BCUT2D eigenvalue weighted by atomic mass is 10.0. The number of amides is 2. The number of fused-ring (bicyclic) bond motifs is 1. The van der Waals surface area contributed by atoms with Gasteiger partial charge in [0.15, 0.2) is 11.6 Å². The van der Waals surface area contributed by atoms with Crippen molar-refractivity contribution >= 4 is 45.8 Å². The normalized spacial score (nSPS) is 16.8. The number of hydrogen-bond acceptors (Lipinski definition) is 4. The van der Waals surface area contributed by atoms with Crippen LogP contribution in [0.3, 0.4) is 0 Å². The van der Waals surface area contributed by atoms with Crippen LogP contribution in [0.5, 0.6) is 5.75 Å². The van der Waals surface area contributed by atoms with Gasteiger partial charge < -0.3 is 19.5 Å². The molecule has 4 aromatic rings. The van der Waals surface area contributed by atoms with E-state index >= 15 is 4.39 Å². The summed E-state index contributed by atoms with van der Waals surface area (Å²) in [6.45, 7) is 0.909. The van der Waals surface area contributed by atoms with Crippen molar-refractivity contribution in [3.05, 3.63) is 83.3 Å². The number of methoxy groups -OCH3 is 1. The van der Waals surface area contributed by atoms with Crippen molar-refractivity contribution in [1.29, 1.82) is 0 Å². The Morgan fingerprint density at radius 1 is 1.05 bits per heavy atom. The molecular formula is C30H26ClF2N3O4. The molecule has 10 heteroatoms. The summed E-state index contributed by atoms with van der Waals surface area (Å²) >= 11 is 6.23. The zero-order chi connectivity index (χ0) is 28.6. The standard InChI is InChI=1S/C30H26ClF2N3O4/c1-17(37)21-15-35(24-11-6-12-26(40-2)28(21)24)16-27(38)36-14-18(32)13-25(36)30(39)34-23-10-5-8-20(29(23)33)19-7-3-4-9-22(19)31/h3-12,15,18,25H,13-14,16H2,1-2H3,(H,34,39)/t18-,25+/m1/s1. The Hall–Kier alpha value is -4.24. The summed E-state index contributed by atoms with van der Waals surface area (Å²) in [7, 11) is 1.49. The van der Waals surface area contributed by atoms with Gasteiger partial charge in [0.2, 0.25) is 11.8 Å². The Bertz CT molecular complexity index is 1640. The van der Waals surface area contributed by atoms with Gasteiger partial charge in [0.25, 0.3) is 0 Å². The number of anilines is 1. The summed E-state index contributed by atoms with van der Waals surface area (Å²) < 4.78 is 37.0. The van der Waals surface area contributed by atoms with Crippen LogP contribution < -0.4 is 10.1 Å². The van der Waals surface area contributed by atoms with Crippen LogP contribution in [0, 0.1) is 5.82 Å². The third-order valence-electron chi connectivity index (χ3n) is 7.07. The van der Waals surface area contributed by atoms with E-state index in [2.05, 4.69) is 5.32 Å². The molecular weight excluding hydrogens is 540 g/mol. The molecule has 0 bridgehead atoms. The quantitative estimate of drug-likeness (QED) is 0.283. The first kappa shape index (κ1) is 27.3. The van der Waals surface area contributed by atoms with Crippen LogP contribution in [-0.4, -0.2) is 52.9 Å². The largest absolute Gasteiger partial charge is 0.496 e. The maximum atomic E-state index is 15.4. The van der Waals surface area contributed by atoms with Crippen molar-refractivity contribution in [3.8, 4) is 16.9 Å². The Balaban J connectivity index is 1.39. The van der Waals surface area contributed by atoms with Crippen LogP contribution in [0.1, 0.15) is 23.7 Å². The molecule has 1 aliphatic rings. The second kappa shape index (κ2) is 11.1. The lowest BCUT2D eigenvalue weighted by Crippen LogP contribution is -2.44. The number of likely N-dealkylation sites (tertiary alicyclic amines) is 1. The van der Waals surface area contributed by atoms with Gasteiger partial charge in [-0.25, -0.2) is 8.78 Å². The number of Topliss-reactive ketones (excluding diaryl/α,β-unsaturated/α-hetero) is 1. The highest BCUT2D eigenvalue weighted by Gasteiger charge is 2.40. The first-order valence-corrected chi connectivity index (χ1v) is 13.0. The van der Waals surface area contributed by atoms with E-state index in [1.807, 2.05) is 0 Å². The molecule has 1 N–H and O–H groups in total. The Labute approximate surface area is 234 Å². The number of halogens is 3. The highest BCUT2D eigenvalue weighted by Crippen LogP contribution is 2.34. The van der Waals surface area contributed by atoms with Gasteiger partial charge >= 0.3 is 0 Å². The van der Waals surface area contributed by atoms with Gasteiger partial charge in [0.05, 0.1) is 30.2 Å². The minimum atomic E-state index is -1.42. The monoisotopic (exact) mass is 565 g/mol. The molecule has 0 aliphatic carbocycles. The molecule has 206 valence electrons. The van der Waals surface area contributed by atoms with Gasteiger partial charge in [-0.15, -0.1) is 0 Å². The maximum absolute atomic E-state index is 15.4. The molecule has 5 rings (SSSR count). The molecule has 0 spiro atoms. The second-order valence-corrected chi connectivity index (χ2v) is 10.0. The van der Waals surface area contributed by atoms with E-state index in [1.54, 1.807) is 65.4 Å². The number of benzene rings is 3. The molecule has 2 amide bonds. The van der Waals surface area contributed by atoms with E-state index in [0.717, 1.165) is 4.90 Å². The number of ether oxygens (including phenoxy) is 1. The summed E-state index contributed by atoms with van der Waals surface area (Å²) in [5.74, 6) is -1.63. The van der Waals surface area contributed by atoms with Crippen LogP contribution in [-0.2, 0) is 16.1 Å². The van der Waals surface area contributed by atoms with E-state index in [0.29, 0.717) is 32.8 Å². The van der Waals surface area contributed by atoms with Crippen LogP contribution in [0.2, 0.25) is 5.02 Å². The van der Waals surface area contributed by atoms with Crippen LogP contribution in [0.4, 0.5) is 14.5 Å². The van der Waals surface area contributed by atoms with E-state index in [1.165, 1.54) is 20.1 Å². The molecule has 0 unspecified atom stereocenters. The molecule has 1 aliphatic heterocycles. The first-order valence-electron chi connectivity index (χ1n) is 12.6. The molecule has 1 aromatic heterocycles. The maximum Gasteiger partial charge on any atom is 0.247 e. The minimum Gasteiger partial charge on any atom is -0.496 e. The lowest BCUT2D eigenvalue weighted by Gasteiger charge is -2.24. The van der Waals surface area contributed by atoms with Crippen molar-refractivity contribution in [1.82, 2.24) is 9.47 Å². The van der Waals surface area contributed by atoms with Gasteiger partial charge in [-0.3, -0.25) is 14.4 Å². The van der Waals surface area contributed by atoms with E-state index in [4.69, 9.17) is 16.3 Å². The first-order chi connectivity index (χ1) is 19.2. The SMILES string of the molecule is COc1cccc2c1c(C(C)=O)cn2CC(=O)N1C[C@H](F)C[C@H]1C(=O)Nc1cccc(-c2ccccc2Cl)c1F. The third-order valence-corrected chi connectivity index (χ3v) is 7.40. The predicted octanol–water partition coefficient (Wildman–Crippen LogP) is 5.89. The summed E-state index contributed by atoms with van der Waals surface area (Å²) in [5, 5.41) is 3.45. The summed E-state index contributed by atoms with van der Waals surface area (Å²) in [4.78, 5) is 40.1. The number of nitrogens with one attached hydrogen (secondary N) is 1. The molecule has 0 radical (unpaired) electrons. The van der Waals surface area contributed by atoms with Crippen molar-refractivity contribution < 1.29 is 27.9 Å². The number of carbonyl (C=O) groups is 3. The zero-order valence-electron chi connectivity index (χ0n) is 21.8. The van der Waals surface area contributed by atoms with Crippen LogP contribution in [0.15, 0.2) is 66.9 Å². The predicted molar refractivity (Wildman–Crippen MR) is 149 cm³/mol. The van der Waals surface area contributed by atoms with Crippen molar-refractivity contribution in [2.24, 2.45) is 0 Å². The highest BCUT2D eigenvalue weighted by atomic mass is 35.5. The molecule has 2 atom stereocenters. The number of nitrogens with zero attached hydrogens (tertiary/aromatic N) is 2. The van der Waals surface area contributed by atoms with E-state index in [-0.39, 0.29) is 36.5 Å². The fourth-order valence-electron chi connectivity index (χ4n) is 5.17. The van der Waals surface area contributed by atoms with E-state index in [9.17, 15) is 18.8 Å². The average molecular weight is 566 g/mol. The number of aromatic nitrogens is 1. The fourth-order valence-corrected chi connectivity index (χ4v) is 5.40. The topological polar surface area (TPSA) is 80.6 Å². The summed E-state index contributed by atoms with van der Waals surface area (Å²) in [5.41, 5.74) is 1.52. The van der Waals surface area contributed by atoms with Gasteiger partial charge in [-0.05, 0) is 31.2 Å². The number of carbonyl (C=O) groups excluding carboxylic acids is 3. The molecule has 2 heterocycles. The number of alkyl halides is 1. The fraction of sp³-hybridized carbons (Fsp3) is 0.233. The zero-order valence-corrected chi connectivity index (χ0v) is 22.5. The minimum absolute atomic E-state index is 0.105. The summed E-state index contributed by atoms with van der Waals surface area (Å²) in [6, 6.07) is 15.3. The Morgan fingerprint density at radius 2 is 1.77 bits per heavy atom. The molecule has 0 saturated carbocycles. The molecule has 7 nitrogen and oxygen atoms in total. The highest BCUT2D eigenvalue weighted by molar-refractivity contribution is 6.33. The molecule has 1 fully saturated rings. The van der Waals surface area contributed by atoms with Gasteiger partial charge in [0.1, 0.15) is 24.5 Å². The number of rotatable bonds is 7. The van der Waals surface area contributed by atoms with Crippen LogP contribution >= 0.6 is 11.6 Å². The Kier molecular flexibility index (Phi) is 7.58. The average Bonchev–Trinajstić information content (AvgIpc) is 3.51. The molecule has 1 saturated heterocycles. The van der Waals surface area contributed by atoms with Gasteiger partial charge in [-0.1, -0.05) is 48.0 Å². The van der Waals surface area contributed by atoms with Crippen molar-refractivity contribution in [3.63, 3.8) is 0 Å². The molecule has 40 heavy (non-hydrogen) atoms. The smallest absolute Gasteiger partial charge is 0.247 e. The van der Waals surface area contributed by atoms with Crippen molar-refractivity contribution in [2.45, 2.75) is 32.1 Å². The lowest BCUT2D eigenvalue weighted by molar-refractivity contribution is -0.137. The van der Waals surface area contributed by atoms with Gasteiger partial charge in [-0.2, -0.15) is 0 Å². The van der Waals surface area contributed by atoms with Crippen LogP contribution in [0.25, 0.3) is 22.0 Å². The number of ketones is 1. The van der Waals surface area contributed by atoms with E-state index < -0.39 is 29.8 Å². The number of hydrogen-bond donors (Lipinski definition) is 1. The second-order valence-electron chi connectivity index (χ2n) is 9.61. The van der Waals surface area contributed by atoms with Crippen molar-refractivity contribution in [2.75, 3.05) is 19.0 Å². The third kappa shape index (κ3) is 5.04. The Morgan fingerprint density at radius 3 is 2.50 bits per heavy atom. The summed E-state index contributed by atoms with van der Waals surface area (Å²) in [6.07, 6.45) is -0.0861. The molecule has 3 aromatic carbocycles. The van der Waals surface area contributed by atoms with Gasteiger partial charge in [0, 0.05) is 34.3 Å².